The van der Waals surface area contributed by atoms with Gasteiger partial charge in [-0.25, -0.2) is 0 Å². The molecule has 1 saturated heterocycles. The Balaban J connectivity index is 2.09. The third-order valence-corrected chi connectivity index (χ3v) is 8.45. The minimum absolute atomic E-state index is 0.339. The summed E-state index contributed by atoms with van der Waals surface area (Å²) in [4.78, 5) is 0. The van der Waals surface area contributed by atoms with Crippen molar-refractivity contribution in [2.75, 3.05) is 19.8 Å². The Kier molecular flexibility index (Phi) is 5.17. The average Bonchev–Trinajstić information content (AvgIpc) is 2.98. The number of ether oxygens (including phenoxy) is 2. The highest BCUT2D eigenvalue weighted by Gasteiger charge is 2.43. The summed E-state index contributed by atoms with van der Waals surface area (Å²) in [5.74, 6) is 0. The zero-order valence-corrected chi connectivity index (χ0v) is 11.9. The van der Waals surface area contributed by atoms with Gasteiger partial charge in [0.1, 0.15) is 0 Å². The zero-order valence-electron chi connectivity index (χ0n) is 9.44. The molecule has 0 aromatic carbocycles. The maximum atomic E-state index is 9.60. The van der Waals surface area contributed by atoms with Crippen molar-refractivity contribution < 1.29 is 18.7 Å². The van der Waals surface area contributed by atoms with Crippen molar-refractivity contribution in [1.82, 2.24) is 0 Å². The summed E-state index contributed by atoms with van der Waals surface area (Å²) in [5.41, 5.74) is -0.0817. The summed E-state index contributed by atoms with van der Waals surface area (Å²) in [7, 11) is -2.60. The molecule has 1 N–H and O–H groups in total. The van der Waals surface area contributed by atoms with E-state index >= 15 is 0 Å². The SMILES string of the molecule is C=CCOCC(O)[SiH2]O[Si](C)(C)C1CO1. The van der Waals surface area contributed by atoms with E-state index in [0.717, 1.165) is 6.61 Å². The standard InChI is InChI=1S/C9H20O4Si2/c1-4-5-11-6-8(10)14-13-15(2,3)9-7-12-9/h4,8-10H,1,5-7,14H2,2-3H3. The lowest BCUT2D eigenvalue weighted by Gasteiger charge is -2.22. The molecule has 1 aliphatic rings. The Bertz CT molecular complexity index is 206. The van der Waals surface area contributed by atoms with Crippen molar-refractivity contribution in [3.63, 3.8) is 0 Å². The largest absolute Gasteiger partial charge is 0.457 e. The molecule has 88 valence electrons. The second-order valence-corrected chi connectivity index (χ2v) is 10.5. The number of aliphatic hydroxyl groups is 1. The molecule has 6 heteroatoms. The van der Waals surface area contributed by atoms with E-state index in [4.69, 9.17) is 13.6 Å². The van der Waals surface area contributed by atoms with Crippen molar-refractivity contribution in [3.8, 4) is 0 Å². The van der Waals surface area contributed by atoms with Gasteiger partial charge in [-0.15, -0.1) is 6.58 Å². The average molecular weight is 248 g/mol. The molecule has 4 nitrogen and oxygen atoms in total. The first-order valence-electron chi connectivity index (χ1n) is 5.18. The van der Waals surface area contributed by atoms with Gasteiger partial charge in [0, 0.05) is 0 Å². The molecule has 0 saturated carbocycles. The molecule has 0 aliphatic carbocycles. The van der Waals surface area contributed by atoms with Crippen LogP contribution in [0.3, 0.4) is 0 Å². The molecule has 1 rings (SSSR count). The summed E-state index contributed by atoms with van der Waals surface area (Å²) < 4.78 is 16.2. The second kappa shape index (κ2) is 5.93. The molecule has 1 fully saturated rings. The van der Waals surface area contributed by atoms with Crippen LogP contribution in [0.25, 0.3) is 0 Å². The lowest BCUT2D eigenvalue weighted by molar-refractivity contribution is 0.0847. The third kappa shape index (κ3) is 5.05. The Morgan fingerprint density at radius 2 is 2.40 bits per heavy atom. The Morgan fingerprint density at radius 3 is 2.93 bits per heavy atom. The molecule has 1 aliphatic heterocycles. The highest BCUT2D eigenvalue weighted by Crippen LogP contribution is 2.23. The van der Waals surface area contributed by atoms with Crippen LogP contribution in [0.1, 0.15) is 0 Å². The van der Waals surface area contributed by atoms with Crippen LogP contribution in [-0.4, -0.2) is 54.5 Å². The molecular weight excluding hydrogens is 228 g/mol. The molecule has 0 radical (unpaired) electrons. The molecule has 0 spiro atoms. The number of hydrogen-bond acceptors (Lipinski definition) is 4. The van der Waals surface area contributed by atoms with Gasteiger partial charge in [0.25, 0.3) is 0 Å². The van der Waals surface area contributed by atoms with E-state index in [9.17, 15) is 5.11 Å². The predicted octanol–water partition coefficient (Wildman–Crippen LogP) is -0.249. The fourth-order valence-electron chi connectivity index (χ4n) is 1.19. The van der Waals surface area contributed by atoms with Gasteiger partial charge in [0.15, 0.2) is 9.76 Å². The molecule has 0 amide bonds. The summed E-state index contributed by atoms with van der Waals surface area (Å²) in [5, 5.41) is 9.60. The first kappa shape index (κ1) is 13.1. The van der Waals surface area contributed by atoms with Gasteiger partial charge in [-0.3, -0.25) is 0 Å². The Labute approximate surface area is 94.3 Å². The topological polar surface area (TPSA) is 51.2 Å². The number of aliphatic hydroxyl groups excluding tert-OH is 1. The van der Waals surface area contributed by atoms with Crippen LogP contribution in [0.2, 0.25) is 13.1 Å². The summed E-state index contributed by atoms with van der Waals surface area (Å²) in [6.07, 6.45) is 1.67. The predicted molar refractivity (Wildman–Crippen MR) is 63.9 cm³/mol. The maximum absolute atomic E-state index is 9.60. The van der Waals surface area contributed by atoms with Gasteiger partial charge in [0.2, 0.25) is 8.32 Å². The first-order chi connectivity index (χ1) is 7.06. The number of rotatable bonds is 8. The van der Waals surface area contributed by atoms with E-state index in [1.807, 2.05) is 0 Å². The van der Waals surface area contributed by atoms with Crippen molar-refractivity contribution in [1.29, 1.82) is 0 Å². The zero-order chi connectivity index (χ0) is 11.3. The van der Waals surface area contributed by atoms with E-state index in [2.05, 4.69) is 19.7 Å². The smallest absolute Gasteiger partial charge is 0.205 e. The van der Waals surface area contributed by atoms with Crippen LogP contribution in [-0.2, 0) is 13.6 Å². The van der Waals surface area contributed by atoms with Crippen LogP contribution in [0.5, 0.6) is 0 Å². The van der Waals surface area contributed by atoms with Crippen molar-refractivity contribution in [2.24, 2.45) is 0 Å². The van der Waals surface area contributed by atoms with Crippen molar-refractivity contribution in [2.45, 2.75) is 24.5 Å². The highest BCUT2D eigenvalue weighted by molar-refractivity contribution is 6.77. The quantitative estimate of drug-likeness (QED) is 0.279. The normalized spacial score (nSPS) is 23.3. The van der Waals surface area contributed by atoms with E-state index in [-0.39, 0.29) is 0 Å². The highest BCUT2D eigenvalue weighted by atomic mass is 28.4. The van der Waals surface area contributed by atoms with Gasteiger partial charge in [-0.1, -0.05) is 6.08 Å². The molecule has 2 atom stereocenters. The van der Waals surface area contributed by atoms with Gasteiger partial charge >= 0.3 is 0 Å². The minimum Gasteiger partial charge on any atom is -0.457 e. The number of epoxide rings is 1. The molecule has 0 aromatic heterocycles. The Hall–Kier alpha value is 0.0138. The lowest BCUT2D eigenvalue weighted by Crippen LogP contribution is -2.42. The molecule has 0 bridgehead atoms. The Morgan fingerprint density at radius 1 is 1.73 bits per heavy atom. The van der Waals surface area contributed by atoms with Crippen molar-refractivity contribution >= 4 is 18.1 Å². The van der Waals surface area contributed by atoms with Crippen LogP contribution in [0.15, 0.2) is 12.7 Å². The van der Waals surface area contributed by atoms with E-state index in [0.29, 0.717) is 18.9 Å². The maximum Gasteiger partial charge on any atom is 0.205 e. The summed E-state index contributed by atoms with van der Waals surface area (Å²) in [6, 6.07) is 0. The van der Waals surface area contributed by atoms with Crippen LogP contribution >= 0.6 is 0 Å². The van der Waals surface area contributed by atoms with Crippen molar-refractivity contribution in [3.05, 3.63) is 12.7 Å². The summed E-state index contributed by atoms with van der Waals surface area (Å²) >= 11 is 0. The molecule has 0 aromatic rings. The number of hydrogen-bond donors (Lipinski definition) is 1. The second-order valence-electron chi connectivity index (χ2n) is 4.22. The first-order valence-corrected chi connectivity index (χ1v) is 9.56. The molecular formula is C9H20O4Si2. The third-order valence-electron chi connectivity index (χ3n) is 2.30. The van der Waals surface area contributed by atoms with Crippen LogP contribution in [0.4, 0.5) is 0 Å². The van der Waals surface area contributed by atoms with Gasteiger partial charge in [0.05, 0.1) is 31.3 Å². The molecule has 2 unspecified atom stereocenters. The van der Waals surface area contributed by atoms with Crippen LogP contribution < -0.4 is 0 Å². The van der Waals surface area contributed by atoms with E-state index in [1.54, 1.807) is 6.08 Å². The van der Waals surface area contributed by atoms with Gasteiger partial charge in [-0.2, -0.15) is 0 Å². The molecule has 15 heavy (non-hydrogen) atoms. The monoisotopic (exact) mass is 248 g/mol. The molecule has 1 heterocycles. The van der Waals surface area contributed by atoms with E-state index < -0.39 is 23.8 Å². The van der Waals surface area contributed by atoms with Gasteiger partial charge < -0.3 is 18.7 Å². The minimum atomic E-state index is -1.68. The summed E-state index contributed by atoms with van der Waals surface area (Å²) in [6.45, 7) is 9.48. The van der Waals surface area contributed by atoms with Crippen LogP contribution in [0, 0.1) is 0 Å². The lowest BCUT2D eigenvalue weighted by atomic mass is 10.7. The van der Waals surface area contributed by atoms with Gasteiger partial charge in [-0.05, 0) is 13.1 Å². The fourth-order valence-corrected chi connectivity index (χ4v) is 5.58. The fraction of sp³-hybridized carbons (Fsp3) is 0.778. The van der Waals surface area contributed by atoms with E-state index in [1.165, 1.54) is 0 Å².